The van der Waals surface area contributed by atoms with Gasteiger partial charge in [-0.25, -0.2) is 9.97 Å². The molecule has 20 heavy (non-hydrogen) atoms. The first-order valence-electron chi connectivity index (χ1n) is 6.30. The molecular formula is C14H12Cl3N3. The third kappa shape index (κ3) is 2.85. The number of hydrogen-bond acceptors (Lipinski definition) is 3. The number of benzene rings is 1. The number of rotatable bonds is 3. The third-order valence-electron chi connectivity index (χ3n) is 3.23. The summed E-state index contributed by atoms with van der Waals surface area (Å²) < 4.78 is 0. The van der Waals surface area contributed by atoms with Crippen LogP contribution >= 0.6 is 34.8 Å². The van der Waals surface area contributed by atoms with E-state index in [2.05, 4.69) is 15.3 Å². The first-order valence-corrected chi connectivity index (χ1v) is 7.44. The van der Waals surface area contributed by atoms with Gasteiger partial charge >= 0.3 is 0 Å². The van der Waals surface area contributed by atoms with Crippen molar-refractivity contribution in [2.24, 2.45) is 0 Å². The maximum Gasteiger partial charge on any atom is 0.138 e. The van der Waals surface area contributed by atoms with Gasteiger partial charge in [-0.1, -0.05) is 34.8 Å². The average Bonchev–Trinajstić information content (AvgIpc) is 3.23. The number of anilines is 2. The second-order valence-electron chi connectivity index (χ2n) is 4.87. The second kappa shape index (κ2) is 5.40. The molecule has 1 N–H and O–H groups in total. The summed E-state index contributed by atoms with van der Waals surface area (Å²) in [6.45, 7) is 1.89. The minimum atomic E-state index is 0.447. The summed E-state index contributed by atoms with van der Waals surface area (Å²) in [5.74, 6) is 1.97. The number of nitrogens with zero attached hydrogens (tertiary/aromatic N) is 2. The van der Waals surface area contributed by atoms with Gasteiger partial charge in [-0.2, -0.15) is 0 Å². The Morgan fingerprint density at radius 2 is 1.85 bits per heavy atom. The van der Waals surface area contributed by atoms with E-state index in [1.54, 1.807) is 12.1 Å². The molecule has 0 bridgehead atoms. The highest BCUT2D eigenvalue weighted by Gasteiger charge is 2.28. The summed E-state index contributed by atoms with van der Waals surface area (Å²) in [6, 6.07) is 5.35. The second-order valence-corrected chi connectivity index (χ2v) is 6.05. The third-order valence-corrected chi connectivity index (χ3v) is 4.34. The Hall–Kier alpha value is -1.03. The fraction of sp³-hybridized carbons (Fsp3) is 0.286. The first kappa shape index (κ1) is 13.9. The maximum absolute atomic E-state index is 6.18. The Labute approximate surface area is 132 Å². The van der Waals surface area contributed by atoms with Crippen molar-refractivity contribution >= 4 is 46.3 Å². The zero-order chi connectivity index (χ0) is 14.3. The van der Waals surface area contributed by atoms with Gasteiger partial charge in [0.1, 0.15) is 16.8 Å². The highest BCUT2D eigenvalue weighted by atomic mass is 35.5. The zero-order valence-corrected chi connectivity index (χ0v) is 13.0. The fourth-order valence-electron chi connectivity index (χ4n) is 1.86. The van der Waals surface area contributed by atoms with Crippen molar-refractivity contribution in [2.45, 2.75) is 25.7 Å². The van der Waals surface area contributed by atoms with E-state index in [9.17, 15) is 0 Å². The predicted octanol–water partition coefficient (Wildman–Crippen LogP) is 5.37. The topological polar surface area (TPSA) is 37.8 Å². The molecule has 0 unspecified atom stereocenters. The molecule has 3 rings (SSSR count). The van der Waals surface area contributed by atoms with Gasteiger partial charge in [-0.3, -0.25) is 0 Å². The van der Waals surface area contributed by atoms with Gasteiger partial charge in [-0.05, 0) is 38.0 Å². The van der Waals surface area contributed by atoms with E-state index in [1.807, 2.05) is 13.0 Å². The van der Waals surface area contributed by atoms with Crippen LogP contribution in [0.4, 0.5) is 11.5 Å². The first-order chi connectivity index (χ1) is 9.54. The van der Waals surface area contributed by atoms with Gasteiger partial charge in [-0.15, -0.1) is 0 Å². The van der Waals surface area contributed by atoms with Gasteiger partial charge in [0.15, 0.2) is 0 Å². The summed E-state index contributed by atoms with van der Waals surface area (Å²) in [7, 11) is 0. The number of hydrogen-bond donors (Lipinski definition) is 1. The van der Waals surface area contributed by atoms with Crippen LogP contribution in [-0.4, -0.2) is 9.97 Å². The van der Waals surface area contributed by atoms with E-state index in [4.69, 9.17) is 34.8 Å². The Kier molecular flexibility index (Phi) is 3.76. The van der Waals surface area contributed by atoms with Crippen LogP contribution in [0.5, 0.6) is 0 Å². The normalized spacial score (nSPS) is 14.4. The molecule has 0 radical (unpaired) electrons. The minimum absolute atomic E-state index is 0.447. The van der Waals surface area contributed by atoms with E-state index in [0.29, 0.717) is 26.9 Å². The number of halogens is 3. The molecule has 2 aromatic rings. The molecule has 1 saturated carbocycles. The van der Waals surface area contributed by atoms with E-state index in [0.717, 1.165) is 29.9 Å². The highest BCUT2D eigenvalue weighted by Crippen LogP contribution is 2.40. The van der Waals surface area contributed by atoms with Crippen LogP contribution in [-0.2, 0) is 0 Å². The van der Waals surface area contributed by atoms with E-state index >= 15 is 0 Å². The molecule has 1 aromatic carbocycles. The van der Waals surface area contributed by atoms with Crippen LogP contribution in [0, 0.1) is 6.92 Å². The minimum Gasteiger partial charge on any atom is -0.340 e. The largest absolute Gasteiger partial charge is 0.340 e. The van der Waals surface area contributed by atoms with Gasteiger partial charge in [0, 0.05) is 17.2 Å². The summed E-state index contributed by atoms with van der Waals surface area (Å²) in [5.41, 5.74) is 1.64. The molecule has 6 heteroatoms. The van der Waals surface area contributed by atoms with Crippen molar-refractivity contribution in [2.75, 3.05) is 5.32 Å². The molecule has 1 aromatic heterocycles. The van der Waals surface area contributed by atoms with Crippen molar-refractivity contribution in [1.82, 2.24) is 9.97 Å². The van der Waals surface area contributed by atoms with Gasteiger partial charge in [0.25, 0.3) is 0 Å². The van der Waals surface area contributed by atoms with Gasteiger partial charge < -0.3 is 5.32 Å². The van der Waals surface area contributed by atoms with Gasteiger partial charge in [0.2, 0.25) is 0 Å². The number of aromatic nitrogens is 2. The molecule has 1 aliphatic rings. The van der Waals surface area contributed by atoms with Crippen LogP contribution in [0.1, 0.15) is 30.1 Å². The Balaban J connectivity index is 1.94. The molecule has 3 nitrogen and oxygen atoms in total. The predicted molar refractivity (Wildman–Crippen MR) is 83.5 cm³/mol. The van der Waals surface area contributed by atoms with E-state index < -0.39 is 0 Å². The molecule has 0 amide bonds. The van der Waals surface area contributed by atoms with Crippen LogP contribution in [0.15, 0.2) is 18.2 Å². The lowest BCUT2D eigenvalue weighted by atomic mass is 10.2. The monoisotopic (exact) mass is 327 g/mol. The lowest BCUT2D eigenvalue weighted by molar-refractivity contribution is 0.922. The Morgan fingerprint density at radius 3 is 2.50 bits per heavy atom. The lowest BCUT2D eigenvalue weighted by Crippen LogP contribution is -2.03. The van der Waals surface area contributed by atoms with Gasteiger partial charge in [0.05, 0.1) is 10.0 Å². The lowest BCUT2D eigenvalue weighted by Gasteiger charge is -2.11. The molecule has 1 heterocycles. The standard InChI is InChI=1S/C14H12Cl3N3/c1-7-12(17)19-14(8-2-3-8)20-13(7)18-9-4-5-10(15)11(16)6-9/h4-6,8H,2-3H2,1H3,(H,18,19,20). The van der Waals surface area contributed by atoms with Crippen LogP contribution in [0.2, 0.25) is 15.2 Å². The van der Waals surface area contributed by atoms with Crippen molar-refractivity contribution < 1.29 is 0 Å². The Morgan fingerprint density at radius 1 is 1.10 bits per heavy atom. The van der Waals surface area contributed by atoms with E-state index in [1.165, 1.54) is 0 Å². The van der Waals surface area contributed by atoms with Crippen LogP contribution < -0.4 is 5.32 Å². The molecule has 0 aliphatic heterocycles. The quantitative estimate of drug-likeness (QED) is 0.770. The molecule has 104 valence electrons. The molecular weight excluding hydrogens is 317 g/mol. The van der Waals surface area contributed by atoms with E-state index in [-0.39, 0.29) is 0 Å². The molecule has 1 fully saturated rings. The maximum atomic E-state index is 6.18. The Bertz CT molecular complexity index is 669. The zero-order valence-electron chi connectivity index (χ0n) is 10.8. The summed E-state index contributed by atoms with van der Waals surface area (Å²) >= 11 is 18.1. The molecule has 0 spiro atoms. The highest BCUT2D eigenvalue weighted by molar-refractivity contribution is 6.42. The molecule has 0 saturated heterocycles. The molecule has 1 aliphatic carbocycles. The van der Waals surface area contributed by atoms with Crippen LogP contribution in [0.3, 0.4) is 0 Å². The molecule has 0 atom stereocenters. The van der Waals surface area contributed by atoms with Crippen LogP contribution in [0.25, 0.3) is 0 Å². The van der Waals surface area contributed by atoms with Crippen molar-refractivity contribution in [1.29, 1.82) is 0 Å². The fourth-order valence-corrected chi connectivity index (χ4v) is 2.34. The number of nitrogens with one attached hydrogen (secondary N) is 1. The van der Waals surface area contributed by atoms with Crippen molar-refractivity contribution in [3.63, 3.8) is 0 Å². The average molecular weight is 329 g/mol. The summed E-state index contributed by atoms with van der Waals surface area (Å²) in [4.78, 5) is 8.90. The smallest absolute Gasteiger partial charge is 0.138 e. The summed E-state index contributed by atoms with van der Waals surface area (Å²) in [5, 5.41) is 4.73. The summed E-state index contributed by atoms with van der Waals surface area (Å²) in [6.07, 6.45) is 2.26. The van der Waals surface area contributed by atoms with Crippen molar-refractivity contribution in [3.8, 4) is 0 Å². The van der Waals surface area contributed by atoms with Crippen molar-refractivity contribution in [3.05, 3.63) is 44.8 Å². The SMILES string of the molecule is Cc1c(Cl)nc(C2CC2)nc1Nc1ccc(Cl)c(Cl)c1.